The second-order valence-electron chi connectivity index (χ2n) is 3.98. The summed E-state index contributed by atoms with van der Waals surface area (Å²) in [6, 6.07) is 9.19. The van der Waals surface area contributed by atoms with Gasteiger partial charge in [0.05, 0.1) is 15.1 Å². The van der Waals surface area contributed by atoms with Crippen LogP contribution in [0, 0.1) is 5.82 Å². The van der Waals surface area contributed by atoms with Gasteiger partial charge in [-0.2, -0.15) is 0 Å². The Morgan fingerprint density at radius 2 is 1.60 bits per heavy atom. The molecule has 0 unspecified atom stereocenters. The summed E-state index contributed by atoms with van der Waals surface area (Å²) in [5.41, 5.74) is 0.815. The smallest absolute Gasteiger partial charge is 0.139 e. The molecule has 0 aliphatic heterocycles. The van der Waals surface area contributed by atoms with Crippen LogP contribution in [0.1, 0.15) is 0 Å². The van der Waals surface area contributed by atoms with Crippen LogP contribution in [-0.2, 0) is 0 Å². The number of nitrogens with one attached hydrogen (secondary N) is 1. The van der Waals surface area contributed by atoms with Gasteiger partial charge in [0.2, 0.25) is 0 Å². The quantitative estimate of drug-likeness (QED) is 0.593. The van der Waals surface area contributed by atoms with E-state index in [4.69, 9.17) is 39.5 Å². The van der Waals surface area contributed by atoms with Crippen molar-refractivity contribution in [3.8, 4) is 5.75 Å². The SMILES string of the molecule is Fc1ccc(NCCOc2cc(Cl)c(Cl)cc2Cl)cc1. The van der Waals surface area contributed by atoms with E-state index in [1.54, 1.807) is 18.2 Å². The molecular weight excluding hydrogens is 324 g/mol. The summed E-state index contributed by atoms with van der Waals surface area (Å²) in [7, 11) is 0. The van der Waals surface area contributed by atoms with E-state index in [2.05, 4.69) is 5.32 Å². The fourth-order valence-electron chi connectivity index (χ4n) is 1.54. The maximum absolute atomic E-state index is 12.7. The van der Waals surface area contributed by atoms with E-state index in [1.807, 2.05) is 0 Å². The van der Waals surface area contributed by atoms with Crippen molar-refractivity contribution in [1.29, 1.82) is 0 Å². The van der Waals surface area contributed by atoms with Crippen LogP contribution in [0.15, 0.2) is 36.4 Å². The number of hydrogen-bond acceptors (Lipinski definition) is 2. The summed E-state index contributed by atoms with van der Waals surface area (Å²) in [5.74, 6) is 0.205. The number of benzene rings is 2. The van der Waals surface area contributed by atoms with Crippen LogP contribution in [0.2, 0.25) is 15.1 Å². The van der Waals surface area contributed by atoms with E-state index in [1.165, 1.54) is 18.2 Å². The first kappa shape index (κ1) is 15.2. The fourth-order valence-corrected chi connectivity index (χ4v) is 2.13. The van der Waals surface area contributed by atoms with Crippen LogP contribution < -0.4 is 10.1 Å². The van der Waals surface area contributed by atoms with Gasteiger partial charge in [0.25, 0.3) is 0 Å². The molecule has 2 nitrogen and oxygen atoms in total. The van der Waals surface area contributed by atoms with Gasteiger partial charge in [0.15, 0.2) is 0 Å². The third-order valence-electron chi connectivity index (χ3n) is 2.51. The van der Waals surface area contributed by atoms with E-state index in [0.717, 1.165) is 5.69 Å². The Labute approximate surface area is 131 Å². The summed E-state index contributed by atoms with van der Waals surface area (Å²) < 4.78 is 18.2. The Morgan fingerprint density at radius 1 is 0.950 bits per heavy atom. The van der Waals surface area contributed by atoms with Gasteiger partial charge in [-0.1, -0.05) is 34.8 Å². The first-order valence-electron chi connectivity index (χ1n) is 5.83. The number of rotatable bonds is 5. The standard InChI is InChI=1S/C14H11Cl3FNO/c15-11-7-13(17)14(8-12(11)16)20-6-5-19-10-3-1-9(18)2-4-10/h1-4,7-8,19H,5-6H2. The van der Waals surface area contributed by atoms with Gasteiger partial charge in [0, 0.05) is 18.3 Å². The van der Waals surface area contributed by atoms with Crippen molar-refractivity contribution < 1.29 is 9.13 Å². The Bertz CT molecular complexity index is 590. The average molecular weight is 335 g/mol. The lowest BCUT2D eigenvalue weighted by Gasteiger charge is -2.10. The molecule has 1 N–H and O–H groups in total. The summed E-state index contributed by atoms with van der Waals surface area (Å²) in [4.78, 5) is 0. The van der Waals surface area contributed by atoms with Gasteiger partial charge in [-0.25, -0.2) is 4.39 Å². The average Bonchev–Trinajstić information content (AvgIpc) is 2.42. The zero-order valence-electron chi connectivity index (χ0n) is 10.3. The third kappa shape index (κ3) is 4.17. The lowest BCUT2D eigenvalue weighted by atomic mass is 10.3. The van der Waals surface area contributed by atoms with Gasteiger partial charge >= 0.3 is 0 Å². The van der Waals surface area contributed by atoms with Crippen molar-refractivity contribution in [2.24, 2.45) is 0 Å². The summed E-state index contributed by atoms with van der Waals surface area (Å²) in [6.07, 6.45) is 0. The molecule has 0 aliphatic carbocycles. The van der Waals surface area contributed by atoms with E-state index < -0.39 is 0 Å². The molecule has 0 amide bonds. The molecule has 0 fully saturated rings. The van der Waals surface area contributed by atoms with Crippen molar-refractivity contribution in [1.82, 2.24) is 0 Å². The molecule has 2 aromatic carbocycles. The molecule has 0 bridgehead atoms. The number of hydrogen-bond donors (Lipinski definition) is 1. The lowest BCUT2D eigenvalue weighted by Crippen LogP contribution is -2.11. The predicted octanol–water partition coefficient (Wildman–Crippen LogP) is 5.28. The van der Waals surface area contributed by atoms with Crippen LogP contribution in [0.4, 0.5) is 10.1 Å². The molecule has 0 heterocycles. The number of ether oxygens (including phenoxy) is 1. The second kappa shape index (κ2) is 7.02. The highest BCUT2D eigenvalue weighted by Crippen LogP contribution is 2.33. The topological polar surface area (TPSA) is 21.3 Å². The molecule has 0 aromatic heterocycles. The molecule has 0 aliphatic rings. The lowest BCUT2D eigenvalue weighted by molar-refractivity contribution is 0.333. The maximum Gasteiger partial charge on any atom is 0.139 e. The minimum Gasteiger partial charge on any atom is -0.490 e. The zero-order chi connectivity index (χ0) is 14.5. The minimum atomic E-state index is -0.269. The van der Waals surface area contributed by atoms with Crippen molar-refractivity contribution >= 4 is 40.5 Å². The molecule has 0 spiro atoms. The molecule has 2 aromatic rings. The van der Waals surface area contributed by atoms with Crippen LogP contribution in [0.25, 0.3) is 0 Å². The molecule has 6 heteroatoms. The highest BCUT2D eigenvalue weighted by atomic mass is 35.5. The van der Waals surface area contributed by atoms with Crippen molar-refractivity contribution in [2.45, 2.75) is 0 Å². The molecule has 0 saturated carbocycles. The largest absolute Gasteiger partial charge is 0.490 e. The molecule has 2 rings (SSSR count). The Balaban J connectivity index is 1.84. The summed E-state index contributed by atoms with van der Waals surface area (Å²) in [5, 5.41) is 4.27. The Morgan fingerprint density at radius 3 is 2.30 bits per heavy atom. The molecule has 0 radical (unpaired) electrons. The zero-order valence-corrected chi connectivity index (χ0v) is 12.6. The molecular formula is C14H11Cl3FNO. The molecule has 20 heavy (non-hydrogen) atoms. The highest BCUT2D eigenvalue weighted by molar-refractivity contribution is 6.43. The van der Waals surface area contributed by atoms with Gasteiger partial charge in [-0.3, -0.25) is 0 Å². The first-order valence-corrected chi connectivity index (χ1v) is 6.96. The van der Waals surface area contributed by atoms with Gasteiger partial charge in [0.1, 0.15) is 18.2 Å². The first-order chi connectivity index (χ1) is 9.56. The monoisotopic (exact) mass is 333 g/mol. The van der Waals surface area contributed by atoms with Gasteiger partial charge in [-0.05, 0) is 30.3 Å². The predicted molar refractivity (Wildman–Crippen MR) is 81.9 cm³/mol. The van der Waals surface area contributed by atoms with Crippen LogP contribution >= 0.6 is 34.8 Å². The summed E-state index contributed by atoms with van der Waals surface area (Å²) in [6.45, 7) is 0.928. The molecule has 0 atom stereocenters. The second-order valence-corrected chi connectivity index (χ2v) is 5.20. The van der Waals surface area contributed by atoms with Crippen molar-refractivity contribution in [2.75, 3.05) is 18.5 Å². The number of halogens is 4. The minimum absolute atomic E-state index is 0.269. The Kier molecular flexibility index (Phi) is 5.35. The van der Waals surface area contributed by atoms with E-state index in [9.17, 15) is 4.39 Å². The van der Waals surface area contributed by atoms with Gasteiger partial charge in [-0.15, -0.1) is 0 Å². The Hall–Kier alpha value is -1.16. The van der Waals surface area contributed by atoms with Crippen molar-refractivity contribution in [3.63, 3.8) is 0 Å². The van der Waals surface area contributed by atoms with E-state index in [0.29, 0.717) is 34.0 Å². The van der Waals surface area contributed by atoms with E-state index in [-0.39, 0.29) is 5.82 Å². The molecule has 0 saturated heterocycles. The van der Waals surface area contributed by atoms with Gasteiger partial charge < -0.3 is 10.1 Å². The molecule has 106 valence electrons. The van der Waals surface area contributed by atoms with Crippen LogP contribution in [0.3, 0.4) is 0 Å². The fraction of sp³-hybridized carbons (Fsp3) is 0.143. The number of anilines is 1. The maximum atomic E-state index is 12.7. The van der Waals surface area contributed by atoms with Crippen molar-refractivity contribution in [3.05, 3.63) is 57.3 Å². The summed E-state index contributed by atoms with van der Waals surface area (Å²) >= 11 is 17.7. The van der Waals surface area contributed by atoms with E-state index >= 15 is 0 Å². The normalized spacial score (nSPS) is 10.4. The van der Waals surface area contributed by atoms with Crippen LogP contribution in [0.5, 0.6) is 5.75 Å². The highest BCUT2D eigenvalue weighted by Gasteiger charge is 2.06. The third-order valence-corrected chi connectivity index (χ3v) is 3.53. The van der Waals surface area contributed by atoms with Crippen LogP contribution in [-0.4, -0.2) is 13.2 Å².